The van der Waals surface area contributed by atoms with Crippen LogP contribution < -0.4 is 5.73 Å². The molecule has 576 valence electrons. The van der Waals surface area contributed by atoms with Gasteiger partial charge >= 0.3 is 19.8 Å². The number of nitrogens with two attached hydrogens (primary N) is 1. The first kappa shape index (κ1) is 96.8. The molecule has 0 spiro atoms. The monoisotopic (exact) mass is 1440 g/mol. The molecule has 0 aromatic carbocycles. The van der Waals surface area contributed by atoms with Crippen LogP contribution in [0.5, 0.6) is 0 Å². The first-order valence-electron chi connectivity index (χ1n) is 40.5. The largest absolute Gasteiger partial charge is 0.472 e. The van der Waals surface area contributed by atoms with E-state index in [4.69, 9.17) is 24.3 Å². The number of carbonyl (C=O) groups excluding carboxylic acids is 2. The number of carbonyl (C=O) groups is 2. The minimum Gasteiger partial charge on any atom is -0.462 e. The molecule has 103 heavy (non-hydrogen) atoms. The normalized spacial score (nSPS) is 14.2. The van der Waals surface area contributed by atoms with Crippen molar-refractivity contribution in [3.8, 4) is 0 Å². The standard InChI is InChI=1S/C93H146NO8P/c1-3-5-7-9-11-13-15-17-19-21-23-25-27-29-31-33-35-37-39-41-43-45-47-49-51-53-55-57-59-61-63-65-67-69-71-73-75-77-79-81-83-85-92(95)99-89-91(90-101-103(97,98)100-88-87-94)102-93(96)86-84-82-80-78-76-74-72-70-68-66-64-62-60-58-56-54-52-50-48-46-44-42-40-38-36-34-32-30-28-26-24-22-20-18-16-14-12-10-8-6-4-2/h5-8,11-14,17-20,23-26,29-32,35-38,41-44,47-50,53-56,60,62,66,68,91H,3-4,9-10,15-16,21-22,27-28,33-34,39-40,45-46,51-52,57-59,61,63-65,67,69-90,94H2,1-2H3,(H,97,98)/b7-5-,8-6-,13-11-,14-12-,19-17-,20-18-,25-23-,26-24-,31-29-,32-30-,37-35-,38-36-,43-41-,44-42-,49-47-,50-48-,55-53-,56-54-,62-60-,68-66-. The van der Waals surface area contributed by atoms with E-state index in [0.717, 1.165) is 186 Å². The van der Waals surface area contributed by atoms with Gasteiger partial charge in [0.2, 0.25) is 0 Å². The van der Waals surface area contributed by atoms with Gasteiger partial charge in [0, 0.05) is 19.4 Å². The predicted octanol–water partition coefficient (Wildman–Crippen LogP) is 27.9. The van der Waals surface area contributed by atoms with Gasteiger partial charge in [0.15, 0.2) is 6.10 Å². The maximum Gasteiger partial charge on any atom is 0.472 e. The topological polar surface area (TPSA) is 134 Å². The van der Waals surface area contributed by atoms with Gasteiger partial charge in [-0.15, -0.1) is 0 Å². The molecule has 0 amide bonds. The van der Waals surface area contributed by atoms with Crippen LogP contribution in [0.2, 0.25) is 0 Å². The average molecular weight is 1440 g/mol. The number of hydrogen-bond acceptors (Lipinski definition) is 8. The van der Waals surface area contributed by atoms with E-state index in [1.54, 1.807) is 0 Å². The van der Waals surface area contributed by atoms with Crippen LogP contribution in [0.25, 0.3) is 0 Å². The number of phosphoric acid groups is 1. The molecule has 0 aliphatic heterocycles. The fourth-order valence-corrected chi connectivity index (χ4v) is 11.1. The van der Waals surface area contributed by atoms with E-state index in [-0.39, 0.29) is 32.6 Å². The van der Waals surface area contributed by atoms with Crippen molar-refractivity contribution >= 4 is 19.8 Å². The number of unbranched alkanes of at least 4 members (excludes halogenated alkanes) is 20. The molecule has 0 rings (SSSR count). The first-order chi connectivity index (χ1) is 50.8. The summed E-state index contributed by atoms with van der Waals surface area (Å²) in [6.45, 7) is 3.49. The second-order valence-electron chi connectivity index (χ2n) is 25.8. The number of esters is 2. The van der Waals surface area contributed by atoms with Gasteiger partial charge in [-0.1, -0.05) is 360 Å². The molecule has 9 nitrogen and oxygen atoms in total. The average Bonchev–Trinajstić information content (AvgIpc) is 0.970. The van der Waals surface area contributed by atoms with Gasteiger partial charge in [-0.25, -0.2) is 4.57 Å². The molecule has 0 radical (unpaired) electrons. The van der Waals surface area contributed by atoms with Crippen LogP contribution in [0.15, 0.2) is 243 Å². The lowest BCUT2D eigenvalue weighted by Crippen LogP contribution is -2.29. The molecular formula is C93H146NO8P. The molecule has 0 saturated heterocycles. The number of hydrogen-bond donors (Lipinski definition) is 2. The summed E-state index contributed by atoms with van der Waals surface area (Å²) >= 11 is 0. The Balaban J connectivity index is 3.96. The Kier molecular flexibility index (Phi) is 79.7. The van der Waals surface area contributed by atoms with Crippen molar-refractivity contribution in [2.24, 2.45) is 5.73 Å². The Labute approximate surface area is 631 Å². The fraction of sp³-hybridized carbons (Fsp3) is 0.548. The minimum atomic E-state index is -4.42. The van der Waals surface area contributed by atoms with E-state index >= 15 is 0 Å². The van der Waals surface area contributed by atoms with Crippen molar-refractivity contribution in [1.29, 1.82) is 0 Å². The van der Waals surface area contributed by atoms with Gasteiger partial charge in [-0.3, -0.25) is 18.6 Å². The Morgan fingerprint density at radius 2 is 0.505 bits per heavy atom. The quantitative estimate of drug-likeness (QED) is 0.0264. The number of allylic oxidation sites excluding steroid dienone is 40. The maximum atomic E-state index is 12.8. The van der Waals surface area contributed by atoms with Crippen LogP contribution in [0.3, 0.4) is 0 Å². The van der Waals surface area contributed by atoms with Crippen molar-refractivity contribution in [2.75, 3.05) is 26.4 Å². The summed E-state index contributed by atoms with van der Waals surface area (Å²) in [5, 5.41) is 0. The maximum absolute atomic E-state index is 12.8. The van der Waals surface area contributed by atoms with Crippen LogP contribution in [-0.2, 0) is 32.7 Å². The minimum absolute atomic E-state index is 0.0402. The highest BCUT2D eigenvalue weighted by atomic mass is 31.2. The molecule has 0 bridgehead atoms. The summed E-state index contributed by atoms with van der Waals surface area (Å²) in [5.74, 6) is -0.853. The second kappa shape index (κ2) is 84.7. The second-order valence-corrected chi connectivity index (χ2v) is 27.3. The van der Waals surface area contributed by atoms with Crippen molar-refractivity contribution in [3.63, 3.8) is 0 Å². The van der Waals surface area contributed by atoms with E-state index in [9.17, 15) is 19.0 Å². The van der Waals surface area contributed by atoms with Gasteiger partial charge in [-0.2, -0.15) is 0 Å². The van der Waals surface area contributed by atoms with Gasteiger partial charge < -0.3 is 20.1 Å². The van der Waals surface area contributed by atoms with E-state index in [1.807, 2.05) is 0 Å². The van der Waals surface area contributed by atoms with Crippen LogP contribution in [0.4, 0.5) is 0 Å². The van der Waals surface area contributed by atoms with Gasteiger partial charge in [0.1, 0.15) is 6.61 Å². The van der Waals surface area contributed by atoms with E-state index in [0.29, 0.717) is 6.42 Å². The number of rotatable bonds is 73. The van der Waals surface area contributed by atoms with Crippen molar-refractivity contribution in [1.82, 2.24) is 0 Å². The smallest absolute Gasteiger partial charge is 0.462 e. The Hall–Kier alpha value is -6.19. The lowest BCUT2D eigenvalue weighted by Gasteiger charge is -2.19. The number of ether oxygens (including phenoxy) is 2. The SMILES string of the molecule is CC/C=C\C/C=C\C/C=C\C/C=C\C/C=C\C/C=C\C/C=C\C/C=C\C/C=C\C/C=C\C/C=C\CCCCCCCCCC(=O)OC(COC(=O)CCCCCCCCCCCCCCC/C=C\C/C=C\C/C=C\C/C=C\C/C=C\C/C=C\C/C=C\C/C=C\C/C=C\CC)COP(=O)(O)OCCN. The number of phosphoric ester groups is 1. The molecule has 0 aromatic heterocycles. The zero-order valence-electron chi connectivity index (χ0n) is 64.9. The van der Waals surface area contributed by atoms with Crippen molar-refractivity contribution in [3.05, 3.63) is 243 Å². The molecule has 0 aromatic rings. The molecule has 2 atom stereocenters. The third-order valence-electron chi connectivity index (χ3n) is 16.2. The highest BCUT2D eigenvalue weighted by molar-refractivity contribution is 7.47. The molecular weight excluding hydrogens is 1290 g/mol. The van der Waals surface area contributed by atoms with Crippen LogP contribution in [-0.4, -0.2) is 49.3 Å². The Bertz CT molecular complexity index is 2610. The zero-order chi connectivity index (χ0) is 74.3. The summed E-state index contributed by atoms with van der Waals surface area (Å²) < 4.78 is 33.3. The third-order valence-corrected chi connectivity index (χ3v) is 17.2. The summed E-state index contributed by atoms with van der Waals surface area (Å²) in [6, 6.07) is 0. The van der Waals surface area contributed by atoms with Crippen molar-refractivity contribution < 1.29 is 37.6 Å². The van der Waals surface area contributed by atoms with Crippen LogP contribution in [0, 0.1) is 0 Å². The summed E-state index contributed by atoms with van der Waals surface area (Å²) in [4.78, 5) is 35.5. The van der Waals surface area contributed by atoms with Gasteiger partial charge in [0.05, 0.1) is 13.2 Å². The highest BCUT2D eigenvalue weighted by Gasteiger charge is 2.26. The lowest BCUT2D eigenvalue weighted by atomic mass is 10.0. The zero-order valence-corrected chi connectivity index (χ0v) is 65.8. The highest BCUT2D eigenvalue weighted by Crippen LogP contribution is 2.43. The molecule has 0 heterocycles. The van der Waals surface area contributed by atoms with E-state index in [2.05, 4.69) is 257 Å². The molecule has 0 aliphatic carbocycles. The third kappa shape index (κ3) is 84.6. The summed E-state index contributed by atoms with van der Waals surface area (Å²) in [5.41, 5.74) is 5.41. The van der Waals surface area contributed by atoms with Crippen LogP contribution in [0.1, 0.15) is 296 Å². The molecule has 0 fully saturated rings. The predicted molar refractivity (Wildman–Crippen MR) is 449 cm³/mol. The van der Waals surface area contributed by atoms with E-state index < -0.39 is 32.5 Å². The van der Waals surface area contributed by atoms with Gasteiger partial charge in [-0.05, 0) is 167 Å². The molecule has 10 heteroatoms. The first-order valence-corrected chi connectivity index (χ1v) is 42.0. The van der Waals surface area contributed by atoms with Gasteiger partial charge in [0.25, 0.3) is 0 Å². The van der Waals surface area contributed by atoms with E-state index in [1.165, 1.54) is 77.0 Å². The van der Waals surface area contributed by atoms with Crippen LogP contribution >= 0.6 is 7.82 Å². The summed E-state index contributed by atoms with van der Waals surface area (Å²) in [7, 11) is -4.42. The Morgan fingerprint density at radius 3 is 0.748 bits per heavy atom. The van der Waals surface area contributed by atoms with Crippen molar-refractivity contribution in [2.45, 2.75) is 302 Å². The lowest BCUT2D eigenvalue weighted by molar-refractivity contribution is -0.161. The Morgan fingerprint density at radius 1 is 0.291 bits per heavy atom. The molecule has 0 aliphatic rings. The molecule has 2 unspecified atom stereocenters. The summed E-state index contributed by atoms with van der Waals surface area (Å²) in [6.07, 6.45) is 134. The fourth-order valence-electron chi connectivity index (χ4n) is 10.3. The molecule has 3 N–H and O–H groups in total. The molecule has 0 saturated carbocycles.